The molecule has 2 aromatic rings. The van der Waals surface area contributed by atoms with Crippen LogP contribution in [-0.4, -0.2) is 17.0 Å². The highest BCUT2D eigenvalue weighted by Crippen LogP contribution is 2.19. The number of non-ortho nitro benzene ring substituents is 1. The molecule has 7 nitrogen and oxygen atoms in total. The highest BCUT2D eigenvalue weighted by molar-refractivity contribution is 5.74. The highest BCUT2D eigenvalue weighted by atomic mass is 16.6. The van der Waals surface area contributed by atoms with Gasteiger partial charge in [0.1, 0.15) is 18.4 Å². The number of nitriles is 1. The van der Waals surface area contributed by atoms with Crippen LogP contribution < -0.4 is 4.74 Å². The van der Waals surface area contributed by atoms with Crippen molar-refractivity contribution in [2.24, 2.45) is 0 Å². The Balaban J connectivity index is 1.96. The molecule has 0 saturated carbocycles. The smallest absolute Gasteiger partial charge is 0.347 e. The van der Waals surface area contributed by atoms with E-state index >= 15 is 0 Å². The summed E-state index contributed by atoms with van der Waals surface area (Å²) in [5, 5.41) is 19.7. The SMILES string of the molecule is CC(Oc1ccccc1C#N)C(=O)OCc1cccc([N+](=O)[O-])c1. The van der Waals surface area contributed by atoms with Crippen molar-refractivity contribution in [3.05, 3.63) is 69.8 Å². The van der Waals surface area contributed by atoms with Gasteiger partial charge in [-0.05, 0) is 24.6 Å². The van der Waals surface area contributed by atoms with Crippen LogP contribution in [0, 0.1) is 21.4 Å². The summed E-state index contributed by atoms with van der Waals surface area (Å²) in [6.07, 6.45) is -0.918. The van der Waals surface area contributed by atoms with Gasteiger partial charge in [-0.1, -0.05) is 24.3 Å². The first-order chi connectivity index (χ1) is 11.5. The minimum atomic E-state index is -0.918. The van der Waals surface area contributed by atoms with Crippen LogP contribution in [0.2, 0.25) is 0 Å². The second-order valence-corrected chi connectivity index (χ2v) is 4.90. The molecule has 0 saturated heterocycles. The van der Waals surface area contributed by atoms with Crippen LogP contribution in [0.15, 0.2) is 48.5 Å². The topological polar surface area (TPSA) is 102 Å². The average molecular weight is 326 g/mol. The minimum absolute atomic E-state index is 0.0733. The highest BCUT2D eigenvalue weighted by Gasteiger charge is 2.18. The molecule has 0 radical (unpaired) electrons. The summed E-state index contributed by atoms with van der Waals surface area (Å²) in [5.74, 6) is -0.339. The molecule has 0 spiro atoms. The second kappa shape index (κ2) is 7.74. The largest absolute Gasteiger partial charge is 0.478 e. The minimum Gasteiger partial charge on any atom is -0.478 e. The maximum Gasteiger partial charge on any atom is 0.347 e. The summed E-state index contributed by atoms with van der Waals surface area (Å²) < 4.78 is 10.5. The maximum atomic E-state index is 12.0. The van der Waals surface area contributed by atoms with Gasteiger partial charge in [0.15, 0.2) is 6.10 Å². The van der Waals surface area contributed by atoms with Gasteiger partial charge >= 0.3 is 5.97 Å². The standard InChI is InChI=1S/C17H14N2O5/c1-12(24-16-8-3-2-6-14(16)10-18)17(20)23-11-13-5-4-7-15(9-13)19(21)22/h2-9,12H,11H2,1H3. The molecule has 0 aromatic heterocycles. The van der Waals surface area contributed by atoms with Crippen molar-refractivity contribution in [2.45, 2.75) is 19.6 Å². The quantitative estimate of drug-likeness (QED) is 0.459. The van der Waals surface area contributed by atoms with Gasteiger partial charge < -0.3 is 9.47 Å². The van der Waals surface area contributed by atoms with Crippen molar-refractivity contribution >= 4 is 11.7 Å². The Morgan fingerprint density at radius 3 is 2.75 bits per heavy atom. The lowest BCUT2D eigenvalue weighted by Crippen LogP contribution is -2.26. The number of nitro benzene ring substituents is 1. The van der Waals surface area contributed by atoms with Crippen molar-refractivity contribution in [3.8, 4) is 11.8 Å². The number of rotatable bonds is 6. The molecule has 0 heterocycles. The van der Waals surface area contributed by atoms with Crippen LogP contribution in [-0.2, 0) is 16.1 Å². The monoisotopic (exact) mass is 326 g/mol. The predicted molar refractivity (Wildman–Crippen MR) is 84.1 cm³/mol. The summed E-state index contributed by atoms with van der Waals surface area (Å²) in [6.45, 7) is 1.40. The molecule has 0 aliphatic carbocycles. The van der Waals surface area contributed by atoms with Crippen molar-refractivity contribution in [2.75, 3.05) is 0 Å². The van der Waals surface area contributed by atoms with E-state index in [9.17, 15) is 14.9 Å². The van der Waals surface area contributed by atoms with Gasteiger partial charge in [0, 0.05) is 12.1 Å². The molecule has 24 heavy (non-hydrogen) atoms. The molecule has 0 N–H and O–H groups in total. The van der Waals surface area contributed by atoms with E-state index in [1.54, 1.807) is 30.3 Å². The van der Waals surface area contributed by atoms with Gasteiger partial charge in [0.05, 0.1) is 10.5 Å². The normalized spacial score (nSPS) is 11.2. The van der Waals surface area contributed by atoms with E-state index in [0.717, 1.165) is 0 Å². The Hall–Kier alpha value is -3.40. The van der Waals surface area contributed by atoms with Crippen molar-refractivity contribution in [1.82, 2.24) is 0 Å². The van der Waals surface area contributed by atoms with E-state index in [1.165, 1.54) is 25.1 Å². The lowest BCUT2D eigenvalue weighted by Gasteiger charge is -2.14. The van der Waals surface area contributed by atoms with Gasteiger partial charge in [0.2, 0.25) is 0 Å². The Morgan fingerprint density at radius 2 is 2.04 bits per heavy atom. The molecule has 0 aliphatic heterocycles. The van der Waals surface area contributed by atoms with Crippen LogP contribution in [0.5, 0.6) is 5.75 Å². The zero-order valence-corrected chi connectivity index (χ0v) is 12.8. The Kier molecular flexibility index (Phi) is 5.47. The number of carbonyl (C=O) groups excluding carboxylic acids is 1. The Morgan fingerprint density at radius 1 is 1.29 bits per heavy atom. The second-order valence-electron chi connectivity index (χ2n) is 4.90. The summed E-state index contributed by atoms with van der Waals surface area (Å²) >= 11 is 0. The first kappa shape index (κ1) is 17.0. The lowest BCUT2D eigenvalue weighted by atomic mass is 10.2. The van der Waals surface area contributed by atoms with E-state index in [1.807, 2.05) is 6.07 Å². The molecule has 7 heteroatoms. The number of nitrogens with zero attached hydrogens (tertiary/aromatic N) is 2. The van der Waals surface area contributed by atoms with E-state index in [-0.39, 0.29) is 12.3 Å². The van der Waals surface area contributed by atoms with Gasteiger partial charge in [0.25, 0.3) is 5.69 Å². The van der Waals surface area contributed by atoms with Crippen molar-refractivity contribution in [1.29, 1.82) is 5.26 Å². The van der Waals surface area contributed by atoms with Gasteiger partial charge in [-0.3, -0.25) is 10.1 Å². The van der Waals surface area contributed by atoms with Gasteiger partial charge in [-0.25, -0.2) is 4.79 Å². The fourth-order valence-electron chi connectivity index (χ4n) is 1.93. The van der Waals surface area contributed by atoms with E-state index < -0.39 is 17.0 Å². The lowest BCUT2D eigenvalue weighted by molar-refractivity contribution is -0.384. The molecule has 2 aromatic carbocycles. The third kappa shape index (κ3) is 4.30. The van der Waals surface area contributed by atoms with Crippen LogP contribution in [0.1, 0.15) is 18.1 Å². The van der Waals surface area contributed by atoms with E-state index in [4.69, 9.17) is 14.7 Å². The number of hydrogen-bond acceptors (Lipinski definition) is 6. The molecular formula is C17H14N2O5. The zero-order valence-electron chi connectivity index (χ0n) is 12.8. The number of ether oxygens (including phenoxy) is 2. The first-order valence-electron chi connectivity index (χ1n) is 7.07. The number of benzene rings is 2. The molecule has 0 bridgehead atoms. The summed E-state index contributed by atoms with van der Waals surface area (Å²) in [7, 11) is 0. The number of esters is 1. The van der Waals surface area contributed by atoms with Gasteiger partial charge in [-0.2, -0.15) is 5.26 Å². The molecule has 1 unspecified atom stereocenters. The number of nitro groups is 1. The molecule has 122 valence electrons. The molecule has 0 aliphatic rings. The third-order valence-electron chi connectivity index (χ3n) is 3.15. The average Bonchev–Trinajstić information content (AvgIpc) is 2.60. The van der Waals surface area contributed by atoms with Gasteiger partial charge in [-0.15, -0.1) is 0 Å². The molecule has 0 amide bonds. The zero-order chi connectivity index (χ0) is 17.5. The molecule has 0 fully saturated rings. The number of carbonyl (C=O) groups is 1. The number of para-hydroxylation sites is 1. The van der Waals surface area contributed by atoms with Crippen LogP contribution >= 0.6 is 0 Å². The summed E-state index contributed by atoms with van der Waals surface area (Å²) in [5.41, 5.74) is 0.744. The number of hydrogen-bond donors (Lipinski definition) is 0. The van der Waals surface area contributed by atoms with Crippen molar-refractivity contribution < 1.29 is 19.2 Å². The third-order valence-corrected chi connectivity index (χ3v) is 3.15. The summed E-state index contributed by atoms with van der Waals surface area (Å²) in [6, 6.07) is 14.4. The van der Waals surface area contributed by atoms with Crippen molar-refractivity contribution in [3.63, 3.8) is 0 Å². The van der Waals surface area contributed by atoms with Crippen LogP contribution in [0.4, 0.5) is 5.69 Å². The fraction of sp³-hybridized carbons (Fsp3) is 0.176. The maximum absolute atomic E-state index is 12.0. The summed E-state index contributed by atoms with van der Waals surface area (Å²) in [4.78, 5) is 22.2. The Bertz CT molecular complexity index is 798. The Labute approximate surface area is 138 Å². The molecule has 2 rings (SSSR count). The van der Waals surface area contributed by atoms with Crippen LogP contribution in [0.25, 0.3) is 0 Å². The first-order valence-corrected chi connectivity index (χ1v) is 7.07. The van der Waals surface area contributed by atoms with E-state index in [0.29, 0.717) is 16.9 Å². The molecule has 1 atom stereocenters. The van der Waals surface area contributed by atoms with Crippen LogP contribution in [0.3, 0.4) is 0 Å². The predicted octanol–water partition coefficient (Wildman–Crippen LogP) is 2.98. The molecular weight excluding hydrogens is 312 g/mol. The van der Waals surface area contributed by atoms with E-state index in [2.05, 4.69) is 0 Å². The fourth-order valence-corrected chi connectivity index (χ4v) is 1.93.